The van der Waals surface area contributed by atoms with E-state index in [1.165, 1.54) is 50.7 Å². The van der Waals surface area contributed by atoms with E-state index in [4.69, 9.17) is 9.84 Å². The number of hydrogen-bond acceptors (Lipinski definition) is 3. The number of carbonyl (C=O) groups excluding carboxylic acids is 1. The zero-order chi connectivity index (χ0) is 14.6. The van der Waals surface area contributed by atoms with Gasteiger partial charge in [0.1, 0.15) is 5.75 Å². The monoisotopic (exact) mass is 301 g/mol. The molecule has 0 aliphatic rings. The van der Waals surface area contributed by atoms with Crippen LogP contribution < -0.4 is 0 Å². The molecule has 0 saturated carbocycles. The van der Waals surface area contributed by atoms with Crippen molar-refractivity contribution in [2.45, 2.75) is 58.3 Å². The number of phenolic OH excluding ortho intramolecular Hbond substituents is 1. The van der Waals surface area contributed by atoms with E-state index in [0.717, 1.165) is 12.8 Å². The maximum atomic E-state index is 11.7. The van der Waals surface area contributed by atoms with Gasteiger partial charge in [-0.2, -0.15) is 0 Å². The summed E-state index contributed by atoms with van der Waals surface area (Å²) in [4.78, 5) is 11.7. The second-order valence-electron chi connectivity index (χ2n) is 5.16. The number of rotatable bonds is 10. The molecule has 0 unspecified atom stereocenters. The quantitative estimate of drug-likeness (QED) is 0.398. The minimum Gasteiger partial charge on any atom is -0.508 e. The topological polar surface area (TPSA) is 46.5 Å². The molecule has 1 radical (unpaired) electrons. The number of aromatic hydroxyl groups is 1. The molecule has 0 aromatic heterocycles. The third kappa shape index (κ3) is 9.94. The van der Waals surface area contributed by atoms with Gasteiger partial charge in [-0.25, -0.2) is 4.79 Å². The van der Waals surface area contributed by atoms with Gasteiger partial charge >= 0.3 is 5.97 Å². The van der Waals surface area contributed by atoms with Gasteiger partial charge < -0.3 is 9.84 Å². The van der Waals surface area contributed by atoms with Crippen molar-refractivity contribution in [2.24, 2.45) is 0 Å². The molecule has 0 fully saturated rings. The molecule has 4 heteroatoms. The molecule has 0 atom stereocenters. The van der Waals surface area contributed by atoms with Crippen molar-refractivity contribution in [3.63, 3.8) is 0 Å². The Morgan fingerprint density at radius 3 is 2.05 bits per heavy atom. The summed E-state index contributed by atoms with van der Waals surface area (Å²) in [5.41, 5.74) is 0.488. The summed E-state index contributed by atoms with van der Waals surface area (Å²) in [6.07, 6.45) is 9.84. The Labute approximate surface area is 150 Å². The van der Waals surface area contributed by atoms with Gasteiger partial charge in [-0.15, -0.1) is 0 Å². The Kier molecular flexibility index (Phi) is 12.9. The second-order valence-corrected chi connectivity index (χ2v) is 5.16. The standard InChI is InChI=1S/C17H26O3.Na/c1-2-3-4-5-6-7-8-9-14-20-17(19)15-10-12-16(18)13-11-15;/h10-13,18H,2-9,14H2,1H3;. The second kappa shape index (κ2) is 13.2. The van der Waals surface area contributed by atoms with E-state index in [0.29, 0.717) is 12.2 Å². The number of hydrogen-bond donors (Lipinski definition) is 1. The zero-order valence-electron chi connectivity index (χ0n) is 13.4. The Balaban J connectivity index is 0.00000400. The summed E-state index contributed by atoms with van der Waals surface area (Å²) < 4.78 is 5.19. The molecule has 0 heterocycles. The van der Waals surface area contributed by atoms with Crippen LogP contribution in [0.1, 0.15) is 68.6 Å². The predicted molar refractivity (Wildman–Crippen MR) is 86.8 cm³/mol. The minimum absolute atomic E-state index is 0. The summed E-state index contributed by atoms with van der Waals surface area (Å²) in [5.74, 6) is -0.155. The van der Waals surface area contributed by atoms with Gasteiger partial charge in [0.15, 0.2) is 0 Å². The van der Waals surface area contributed by atoms with Crippen LogP contribution in [0, 0.1) is 0 Å². The first-order chi connectivity index (χ1) is 9.74. The number of unbranched alkanes of at least 4 members (excludes halogenated alkanes) is 7. The van der Waals surface area contributed by atoms with Crippen LogP contribution in [-0.4, -0.2) is 47.2 Å². The molecule has 0 spiro atoms. The molecule has 1 aromatic carbocycles. The number of phenols is 1. The average Bonchev–Trinajstić information content (AvgIpc) is 2.46. The van der Waals surface area contributed by atoms with Crippen LogP contribution in [0.5, 0.6) is 5.75 Å². The van der Waals surface area contributed by atoms with E-state index in [1.807, 2.05) is 0 Å². The zero-order valence-corrected chi connectivity index (χ0v) is 15.4. The molecule has 113 valence electrons. The SMILES string of the molecule is CCCCCCCCCCOC(=O)c1ccc(O)cc1.[Na]. The first-order valence-corrected chi connectivity index (χ1v) is 7.70. The maximum absolute atomic E-state index is 11.7. The van der Waals surface area contributed by atoms with Crippen LogP contribution in [0.4, 0.5) is 0 Å². The molecular formula is C17H26NaO3. The largest absolute Gasteiger partial charge is 0.508 e. The van der Waals surface area contributed by atoms with Crippen molar-refractivity contribution in [3.05, 3.63) is 29.8 Å². The fraction of sp³-hybridized carbons (Fsp3) is 0.588. The van der Waals surface area contributed by atoms with Crippen LogP contribution in [0.15, 0.2) is 24.3 Å². The van der Waals surface area contributed by atoms with Gasteiger partial charge in [0.2, 0.25) is 0 Å². The van der Waals surface area contributed by atoms with Gasteiger partial charge in [-0.1, -0.05) is 51.9 Å². The van der Waals surface area contributed by atoms with Crippen molar-refractivity contribution in [3.8, 4) is 5.75 Å². The molecule has 0 saturated heterocycles. The summed E-state index contributed by atoms with van der Waals surface area (Å²) in [6, 6.07) is 6.14. The number of esters is 1. The number of carbonyl (C=O) groups is 1. The first-order valence-electron chi connectivity index (χ1n) is 7.70. The predicted octanol–water partition coefficient (Wildman–Crippen LogP) is 4.31. The van der Waals surface area contributed by atoms with E-state index in [2.05, 4.69) is 6.92 Å². The molecule has 1 N–H and O–H groups in total. The molecule has 0 bridgehead atoms. The summed E-state index contributed by atoms with van der Waals surface area (Å²) in [7, 11) is 0. The smallest absolute Gasteiger partial charge is 0.338 e. The van der Waals surface area contributed by atoms with E-state index in [1.54, 1.807) is 12.1 Å². The van der Waals surface area contributed by atoms with Crippen LogP contribution in [0.25, 0.3) is 0 Å². The molecule has 0 amide bonds. The van der Waals surface area contributed by atoms with Crippen LogP contribution in [0.2, 0.25) is 0 Å². The molecule has 21 heavy (non-hydrogen) atoms. The van der Waals surface area contributed by atoms with E-state index in [-0.39, 0.29) is 41.3 Å². The van der Waals surface area contributed by atoms with Crippen LogP contribution in [-0.2, 0) is 4.74 Å². The van der Waals surface area contributed by atoms with Crippen molar-refractivity contribution in [1.82, 2.24) is 0 Å². The normalized spacial score (nSPS) is 9.95. The Morgan fingerprint density at radius 1 is 0.952 bits per heavy atom. The fourth-order valence-electron chi connectivity index (χ4n) is 2.08. The van der Waals surface area contributed by atoms with Crippen LogP contribution >= 0.6 is 0 Å². The van der Waals surface area contributed by atoms with Gasteiger partial charge in [0.25, 0.3) is 0 Å². The molecule has 1 rings (SSSR count). The van der Waals surface area contributed by atoms with E-state index < -0.39 is 0 Å². The fourth-order valence-corrected chi connectivity index (χ4v) is 2.08. The molecule has 3 nitrogen and oxygen atoms in total. The van der Waals surface area contributed by atoms with Crippen LogP contribution in [0.3, 0.4) is 0 Å². The third-order valence-corrected chi connectivity index (χ3v) is 3.33. The van der Waals surface area contributed by atoms with Gasteiger partial charge in [-0.3, -0.25) is 0 Å². The van der Waals surface area contributed by atoms with Crippen molar-refractivity contribution < 1.29 is 14.6 Å². The minimum atomic E-state index is -0.312. The number of benzene rings is 1. The Morgan fingerprint density at radius 2 is 1.48 bits per heavy atom. The van der Waals surface area contributed by atoms with Crippen molar-refractivity contribution in [2.75, 3.05) is 6.61 Å². The van der Waals surface area contributed by atoms with Gasteiger partial charge in [-0.05, 0) is 30.7 Å². The Hall–Kier alpha value is -0.510. The van der Waals surface area contributed by atoms with Gasteiger partial charge in [0.05, 0.1) is 12.2 Å². The maximum Gasteiger partial charge on any atom is 0.338 e. The summed E-state index contributed by atoms with van der Waals surface area (Å²) >= 11 is 0. The van der Waals surface area contributed by atoms with E-state index >= 15 is 0 Å². The van der Waals surface area contributed by atoms with Crippen molar-refractivity contribution in [1.29, 1.82) is 0 Å². The van der Waals surface area contributed by atoms with Gasteiger partial charge in [0, 0.05) is 29.6 Å². The van der Waals surface area contributed by atoms with Crippen molar-refractivity contribution >= 4 is 35.5 Å². The Bertz CT molecular complexity index is 376. The summed E-state index contributed by atoms with van der Waals surface area (Å²) in [5, 5.41) is 9.14. The van der Waals surface area contributed by atoms with E-state index in [9.17, 15) is 4.79 Å². The molecule has 0 aliphatic heterocycles. The third-order valence-electron chi connectivity index (χ3n) is 3.33. The molecule has 0 aliphatic carbocycles. The summed E-state index contributed by atoms with van der Waals surface area (Å²) in [6.45, 7) is 2.71. The number of ether oxygens (including phenoxy) is 1. The molecular weight excluding hydrogens is 275 g/mol. The first kappa shape index (κ1) is 20.5. The molecule has 1 aromatic rings. The average molecular weight is 301 g/mol.